The van der Waals surface area contributed by atoms with Gasteiger partial charge >= 0.3 is 0 Å². The van der Waals surface area contributed by atoms with Gasteiger partial charge in [-0.15, -0.1) is 0 Å². The van der Waals surface area contributed by atoms with E-state index in [4.69, 9.17) is 0 Å². The zero-order valence-electron chi connectivity index (χ0n) is 7.04. The predicted molar refractivity (Wildman–Crippen MR) is 52.1 cm³/mol. The van der Waals surface area contributed by atoms with Crippen LogP contribution in [0.2, 0.25) is 0 Å². The first-order chi connectivity index (χ1) is 5.65. The second-order valence-corrected chi connectivity index (χ2v) is 2.63. The molecule has 0 aromatic heterocycles. The third-order valence-electron chi connectivity index (χ3n) is 1.63. The van der Waals surface area contributed by atoms with Crippen LogP contribution in [-0.2, 0) is 0 Å². The Labute approximate surface area is 71.9 Å². The Morgan fingerprint density at radius 2 is 2.17 bits per heavy atom. The number of aliphatic hydroxyl groups is 1. The van der Waals surface area contributed by atoms with Crippen molar-refractivity contribution >= 4 is 18.2 Å². The Morgan fingerprint density at radius 1 is 1.50 bits per heavy atom. The van der Waals surface area contributed by atoms with E-state index in [0.717, 1.165) is 5.56 Å². The Bertz CT molecular complexity index is 329. The van der Waals surface area contributed by atoms with Crippen molar-refractivity contribution in [3.8, 4) is 0 Å². The third kappa shape index (κ3) is 1.53. The van der Waals surface area contributed by atoms with Crippen LogP contribution in [0.15, 0.2) is 29.8 Å². The summed E-state index contributed by atoms with van der Waals surface area (Å²) >= 11 is 0. The first kappa shape index (κ1) is 8.53. The van der Waals surface area contributed by atoms with E-state index in [1.807, 2.05) is 19.1 Å². The number of aliphatic hydroxyl groups excluding tert-OH is 1. The van der Waals surface area contributed by atoms with Crippen molar-refractivity contribution in [3.63, 3.8) is 0 Å². The maximum Gasteiger partial charge on any atom is 0.117 e. The third-order valence-corrected chi connectivity index (χ3v) is 1.63. The molecule has 0 saturated carbocycles. The zero-order valence-corrected chi connectivity index (χ0v) is 7.04. The lowest BCUT2D eigenvalue weighted by atomic mass is 10.1. The van der Waals surface area contributed by atoms with Crippen LogP contribution in [0.1, 0.15) is 11.1 Å². The summed E-state index contributed by atoms with van der Waals surface area (Å²) < 4.78 is 0. The molecule has 0 aliphatic rings. The highest BCUT2D eigenvalue weighted by Crippen LogP contribution is 2.24. The molecule has 12 heavy (non-hydrogen) atoms. The molecule has 0 atom stereocenters. The lowest BCUT2D eigenvalue weighted by Gasteiger charge is -2.03. The number of rotatable bonds is 2. The van der Waals surface area contributed by atoms with E-state index in [1.165, 1.54) is 0 Å². The van der Waals surface area contributed by atoms with Crippen LogP contribution in [0, 0.1) is 6.92 Å². The van der Waals surface area contributed by atoms with Crippen LogP contribution < -0.4 is 0 Å². The molecule has 1 aromatic rings. The predicted octanol–water partition coefficient (Wildman–Crippen LogP) is 2.86. The van der Waals surface area contributed by atoms with Gasteiger partial charge in [0.25, 0.3) is 0 Å². The lowest BCUT2D eigenvalue weighted by Crippen LogP contribution is -1.83. The number of aliphatic imine (C=N–C) groups is 1. The Morgan fingerprint density at radius 3 is 2.67 bits per heavy atom. The summed E-state index contributed by atoms with van der Waals surface area (Å²) in [5.74, 6) is 0.0288. The summed E-state index contributed by atoms with van der Waals surface area (Å²) in [6.07, 6.45) is 0. The molecule has 0 aliphatic carbocycles. The van der Waals surface area contributed by atoms with E-state index >= 15 is 0 Å². The fourth-order valence-corrected chi connectivity index (χ4v) is 1.02. The highest BCUT2D eigenvalue weighted by molar-refractivity contribution is 5.70. The molecule has 0 unspecified atom stereocenters. The van der Waals surface area contributed by atoms with Gasteiger partial charge in [0.05, 0.1) is 5.69 Å². The normalized spacial score (nSPS) is 9.42. The molecule has 0 fully saturated rings. The minimum Gasteiger partial charge on any atom is -0.508 e. The molecule has 1 N–H and O–H groups in total. The van der Waals surface area contributed by atoms with Crippen LogP contribution in [0.3, 0.4) is 0 Å². The Kier molecular flexibility index (Phi) is 2.29. The summed E-state index contributed by atoms with van der Waals surface area (Å²) in [5, 5.41) is 9.18. The smallest absolute Gasteiger partial charge is 0.117 e. The quantitative estimate of drug-likeness (QED) is 0.525. The molecule has 1 aromatic carbocycles. The highest BCUT2D eigenvalue weighted by Gasteiger charge is 2.02. The van der Waals surface area contributed by atoms with E-state index in [9.17, 15) is 5.11 Å². The van der Waals surface area contributed by atoms with Crippen molar-refractivity contribution in [2.45, 2.75) is 6.92 Å². The number of hydrogen-bond acceptors (Lipinski definition) is 2. The van der Waals surface area contributed by atoms with Crippen molar-refractivity contribution in [2.75, 3.05) is 0 Å². The summed E-state index contributed by atoms with van der Waals surface area (Å²) in [7, 11) is 0. The maximum absolute atomic E-state index is 9.18. The molecular formula is C10H11NO. The topological polar surface area (TPSA) is 32.6 Å². The fraction of sp³-hybridized carbons (Fsp3) is 0.100. The van der Waals surface area contributed by atoms with Crippen molar-refractivity contribution in [2.24, 2.45) is 4.99 Å². The molecule has 62 valence electrons. The van der Waals surface area contributed by atoms with Gasteiger partial charge in [0.2, 0.25) is 0 Å². The van der Waals surface area contributed by atoms with Gasteiger partial charge < -0.3 is 5.11 Å². The number of benzene rings is 1. The van der Waals surface area contributed by atoms with E-state index < -0.39 is 0 Å². The van der Waals surface area contributed by atoms with Gasteiger partial charge in [-0.2, -0.15) is 0 Å². The summed E-state index contributed by atoms with van der Waals surface area (Å²) in [6.45, 7) is 8.79. The molecule has 0 amide bonds. The summed E-state index contributed by atoms with van der Waals surface area (Å²) in [6, 6.07) is 5.54. The van der Waals surface area contributed by atoms with Crippen molar-refractivity contribution < 1.29 is 5.11 Å². The van der Waals surface area contributed by atoms with Gasteiger partial charge in [-0.05, 0) is 25.8 Å². The lowest BCUT2D eigenvalue weighted by molar-refractivity contribution is 0.514. The molecule has 0 heterocycles. The molecule has 2 heteroatoms. The van der Waals surface area contributed by atoms with Crippen LogP contribution >= 0.6 is 0 Å². The molecule has 0 aliphatic heterocycles. The first-order valence-electron chi connectivity index (χ1n) is 3.61. The van der Waals surface area contributed by atoms with Gasteiger partial charge in [-0.1, -0.05) is 18.2 Å². The van der Waals surface area contributed by atoms with Crippen molar-refractivity contribution in [3.05, 3.63) is 35.9 Å². The molecule has 0 bridgehead atoms. The van der Waals surface area contributed by atoms with Crippen LogP contribution in [0.4, 0.5) is 5.69 Å². The van der Waals surface area contributed by atoms with E-state index in [2.05, 4.69) is 18.3 Å². The molecule has 1 rings (SSSR count). The van der Waals surface area contributed by atoms with Crippen molar-refractivity contribution in [1.29, 1.82) is 0 Å². The largest absolute Gasteiger partial charge is 0.508 e. The average molecular weight is 161 g/mol. The minimum atomic E-state index is 0.0288. The van der Waals surface area contributed by atoms with E-state index in [0.29, 0.717) is 11.3 Å². The monoisotopic (exact) mass is 161 g/mol. The SMILES string of the molecule is C=Nc1ccc(C)cc1C(=C)O. The van der Waals surface area contributed by atoms with Gasteiger partial charge in [0.15, 0.2) is 0 Å². The van der Waals surface area contributed by atoms with Crippen LogP contribution in [-0.4, -0.2) is 11.8 Å². The maximum atomic E-state index is 9.18. The standard InChI is InChI=1S/C10H11NO/c1-7-4-5-10(11-3)9(6-7)8(2)12/h4-6,12H,2-3H2,1H3. The first-order valence-corrected chi connectivity index (χ1v) is 3.61. The van der Waals surface area contributed by atoms with E-state index in [-0.39, 0.29) is 5.76 Å². The summed E-state index contributed by atoms with van der Waals surface area (Å²) in [4.78, 5) is 3.76. The average Bonchev–Trinajstić information content (AvgIpc) is 2.04. The van der Waals surface area contributed by atoms with Gasteiger partial charge in [-0.3, -0.25) is 4.99 Å². The number of aryl methyl sites for hydroxylation is 1. The Balaban J connectivity index is 3.30. The van der Waals surface area contributed by atoms with Crippen molar-refractivity contribution in [1.82, 2.24) is 0 Å². The number of nitrogens with zero attached hydrogens (tertiary/aromatic N) is 1. The second-order valence-electron chi connectivity index (χ2n) is 2.63. The highest BCUT2D eigenvalue weighted by atomic mass is 16.3. The molecule has 0 saturated heterocycles. The van der Waals surface area contributed by atoms with Crippen LogP contribution in [0.25, 0.3) is 5.76 Å². The van der Waals surface area contributed by atoms with Crippen LogP contribution in [0.5, 0.6) is 0 Å². The molecule has 0 spiro atoms. The molecule has 0 radical (unpaired) electrons. The van der Waals surface area contributed by atoms with E-state index in [1.54, 1.807) is 6.07 Å². The zero-order chi connectivity index (χ0) is 9.14. The van der Waals surface area contributed by atoms with Gasteiger partial charge in [-0.25, -0.2) is 0 Å². The molecular weight excluding hydrogens is 150 g/mol. The number of hydrogen-bond donors (Lipinski definition) is 1. The second kappa shape index (κ2) is 3.22. The minimum absolute atomic E-state index is 0.0288. The van der Waals surface area contributed by atoms with Gasteiger partial charge in [0.1, 0.15) is 5.76 Å². The Hall–Kier alpha value is -1.57. The summed E-state index contributed by atoms with van der Waals surface area (Å²) in [5.41, 5.74) is 2.37. The fourth-order valence-electron chi connectivity index (χ4n) is 1.02. The molecule has 2 nitrogen and oxygen atoms in total. The van der Waals surface area contributed by atoms with Gasteiger partial charge in [0, 0.05) is 5.56 Å².